The molecule has 0 aliphatic heterocycles. The van der Waals surface area contributed by atoms with Crippen LogP contribution in [0.5, 0.6) is 0 Å². The lowest BCUT2D eigenvalue weighted by Gasteiger charge is -2.08. The van der Waals surface area contributed by atoms with Crippen molar-refractivity contribution in [1.82, 2.24) is 9.97 Å². The summed E-state index contributed by atoms with van der Waals surface area (Å²) in [4.78, 5) is 20.3. The van der Waals surface area contributed by atoms with Crippen LogP contribution in [0.15, 0.2) is 24.5 Å². The summed E-state index contributed by atoms with van der Waals surface area (Å²) in [7, 11) is 0. The molecular weight excluding hydrogens is 262 g/mol. The highest BCUT2D eigenvalue weighted by Crippen LogP contribution is 2.27. The number of nitrogens with zero attached hydrogens (tertiary/aromatic N) is 2. The predicted octanol–water partition coefficient (Wildman–Crippen LogP) is 2.97. The lowest BCUT2D eigenvalue weighted by molar-refractivity contribution is 0.0702. The molecule has 19 heavy (non-hydrogen) atoms. The maximum atomic E-state index is 10.9. The summed E-state index contributed by atoms with van der Waals surface area (Å²) in [5.41, 5.74) is 0.735. The van der Waals surface area contributed by atoms with Gasteiger partial charge in [0.15, 0.2) is 0 Å². The minimum atomic E-state index is -0.913. The zero-order chi connectivity index (χ0) is 13.8. The molecule has 0 saturated heterocycles. The smallest absolute Gasteiger partial charge is 0.345 e. The molecule has 5 nitrogen and oxygen atoms in total. The summed E-state index contributed by atoms with van der Waals surface area (Å²) in [6.07, 6.45) is 1.48. The van der Waals surface area contributed by atoms with Gasteiger partial charge in [0.05, 0.1) is 10.6 Å². The molecule has 2 rings (SSSR count). The molecule has 0 fully saturated rings. The van der Waals surface area contributed by atoms with Crippen molar-refractivity contribution in [1.29, 1.82) is 0 Å². The monoisotopic (exact) mass is 277 g/mol. The van der Waals surface area contributed by atoms with Crippen molar-refractivity contribution in [3.8, 4) is 10.6 Å². The van der Waals surface area contributed by atoms with Gasteiger partial charge in [0.1, 0.15) is 17.0 Å². The molecule has 0 spiro atoms. The van der Waals surface area contributed by atoms with Gasteiger partial charge in [-0.2, -0.15) is 0 Å². The third kappa shape index (κ3) is 3.51. The topological polar surface area (TPSA) is 75.1 Å². The maximum absolute atomic E-state index is 10.9. The van der Waals surface area contributed by atoms with Crippen LogP contribution in [-0.4, -0.2) is 27.6 Å². The van der Waals surface area contributed by atoms with Gasteiger partial charge in [-0.15, -0.1) is 11.3 Å². The van der Waals surface area contributed by atoms with Crippen molar-refractivity contribution in [2.75, 3.05) is 11.9 Å². The number of carboxylic acid groups (broad SMARTS) is 1. The Labute approximate surface area is 115 Å². The normalized spacial score (nSPS) is 10.7. The molecule has 0 atom stereocenters. The zero-order valence-corrected chi connectivity index (χ0v) is 11.6. The Balaban J connectivity index is 2.19. The van der Waals surface area contributed by atoms with Crippen LogP contribution in [0.2, 0.25) is 0 Å². The highest BCUT2D eigenvalue weighted by Gasteiger charge is 2.10. The second-order valence-electron chi connectivity index (χ2n) is 4.53. The first-order chi connectivity index (χ1) is 9.06. The van der Waals surface area contributed by atoms with Gasteiger partial charge in [-0.25, -0.2) is 14.8 Å². The van der Waals surface area contributed by atoms with Crippen LogP contribution in [0.1, 0.15) is 23.5 Å². The summed E-state index contributed by atoms with van der Waals surface area (Å²) in [6.45, 7) is 5.07. The highest BCUT2D eigenvalue weighted by molar-refractivity contribution is 7.17. The first-order valence-electron chi connectivity index (χ1n) is 5.95. The summed E-state index contributed by atoms with van der Waals surface area (Å²) in [5, 5.41) is 12.1. The average Bonchev–Trinajstić information content (AvgIpc) is 2.86. The van der Waals surface area contributed by atoms with Gasteiger partial charge in [0.25, 0.3) is 0 Å². The number of thiophene rings is 1. The second kappa shape index (κ2) is 5.79. The third-order valence-electron chi connectivity index (χ3n) is 2.43. The van der Waals surface area contributed by atoms with Gasteiger partial charge in [-0.1, -0.05) is 13.8 Å². The average molecular weight is 277 g/mol. The molecule has 0 radical (unpaired) electrons. The number of carboxylic acids is 1. The van der Waals surface area contributed by atoms with Crippen molar-refractivity contribution in [2.24, 2.45) is 5.92 Å². The van der Waals surface area contributed by atoms with E-state index in [-0.39, 0.29) is 0 Å². The predicted molar refractivity (Wildman–Crippen MR) is 75.6 cm³/mol. The van der Waals surface area contributed by atoms with E-state index in [1.54, 1.807) is 12.1 Å². The summed E-state index contributed by atoms with van der Waals surface area (Å²) < 4.78 is 0. The Bertz CT molecular complexity index is 581. The van der Waals surface area contributed by atoms with Gasteiger partial charge < -0.3 is 10.4 Å². The van der Waals surface area contributed by atoms with Gasteiger partial charge in [-0.3, -0.25) is 0 Å². The van der Waals surface area contributed by atoms with Crippen molar-refractivity contribution >= 4 is 23.1 Å². The molecule has 0 aliphatic carbocycles. The standard InChI is InChI=1S/C13H15N3O2S/c1-8(2)6-14-12-5-9(15-7-16-12)10-3-4-11(19-10)13(17)18/h3-5,7-8H,6H2,1-2H3,(H,17,18)(H,14,15,16). The van der Waals surface area contributed by atoms with Crippen molar-refractivity contribution < 1.29 is 9.90 Å². The number of rotatable bonds is 5. The van der Waals surface area contributed by atoms with Gasteiger partial charge in [0, 0.05) is 12.6 Å². The summed E-state index contributed by atoms with van der Waals surface area (Å²) >= 11 is 1.21. The van der Waals surface area contributed by atoms with E-state index in [4.69, 9.17) is 5.11 Å². The van der Waals surface area contributed by atoms with E-state index in [2.05, 4.69) is 29.1 Å². The number of aromatic carboxylic acids is 1. The lowest BCUT2D eigenvalue weighted by Crippen LogP contribution is -2.09. The van der Waals surface area contributed by atoms with E-state index in [9.17, 15) is 4.79 Å². The van der Waals surface area contributed by atoms with Gasteiger partial charge >= 0.3 is 5.97 Å². The van der Waals surface area contributed by atoms with Crippen molar-refractivity contribution in [2.45, 2.75) is 13.8 Å². The fraction of sp³-hybridized carbons (Fsp3) is 0.308. The van der Waals surface area contributed by atoms with E-state index in [0.29, 0.717) is 10.8 Å². The molecule has 0 saturated carbocycles. The molecule has 0 aromatic carbocycles. The van der Waals surface area contributed by atoms with E-state index in [1.807, 2.05) is 6.07 Å². The minimum absolute atomic E-state index is 0.310. The van der Waals surface area contributed by atoms with Gasteiger partial charge in [0.2, 0.25) is 0 Å². The molecule has 2 aromatic heterocycles. The van der Waals surface area contributed by atoms with E-state index >= 15 is 0 Å². The Hall–Kier alpha value is -1.95. The molecule has 2 N–H and O–H groups in total. The number of hydrogen-bond donors (Lipinski definition) is 2. The van der Waals surface area contributed by atoms with Crippen LogP contribution < -0.4 is 5.32 Å². The number of carbonyl (C=O) groups is 1. The minimum Gasteiger partial charge on any atom is -0.477 e. The molecule has 2 aromatic rings. The maximum Gasteiger partial charge on any atom is 0.345 e. The molecule has 0 unspecified atom stereocenters. The van der Waals surface area contributed by atoms with Crippen LogP contribution in [0.25, 0.3) is 10.6 Å². The van der Waals surface area contributed by atoms with Crippen molar-refractivity contribution in [3.63, 3.8) is 0 Å². The van der Waals surface area contributed by atoms with Crippen LogP contribution in [0, 0.1) is 5.92 Å². The zero-order valence-electron chi connectivity index (χ0n) is 10.8. The number of aromatic nitrogens is 2. The SMILES string of the molecule is CC(C)CNc1cc(-c2ccc(C(=O)O)s2)ncn1. The summed E-state index contributed by atoms with van der Waals surface area (Å²) in [5.74, 6) is 0.367. The molecule has 0 bridgehead atoms. The molecule has 0 aliphatic rings. The Morgan fingerprint density at radius 3 is 2.84 bits per heavy atom. The number of hydrogen-bond acceptors (Lipinski definition) is 5. The molecular formula is C13H15N3O2S. The summed E-state index contributed by atoms with van der Waals surface area (Å²) in [6, 6.07) is 5.19. The lowest BCUT2D eigenvalue weighted by atomic mass is 10.2. The third-order valence-corrected chi connectivity index (χ3v) is 3.52. The van der Waals surface area contributed by atoms with E-state index in [1.165, 1.54) is 17.7 Å². The van der Waals surface area contributed by atoms with Gasteiger partial charge in [-0.05, 0) is 18.1 Å². The Kier molecular flexibility index (Phi) is 4.11. The van der Waals surface area contributed by atoms with Crippen LogP contribution in [-0.2, 0) is 0 Å². The first kappa shape index (κ1) is 13.5. The fourth-order valence-corrected chi connectivity index (χ4v) is 2.30. The van der Waals surface area contributed by atoms with E-state index in [0.717, 1.165) is 22.9 Å². The second-order valence-corrected chi connectivity index (χ2v) is 5.62. The molecule has 100 valence electrons. The number of nitrogens with one attached hydrogen (secondary N) is 1. The van der Waals surface area contributed by atoms with Crippen LogP contribution in [0.3, 0.4) is 0 Å². The quantitative estimate of drug-likeness (QED) is 0.878. The highest BCUT2D eigenvalue weighted by atomic mass is 32.1. The Morgan fingerprint density at radius 2 is 2.21 bits per heavy atom. The first-order valence-corrected chi connectivity index (χ1v) is 6.77. The Morgan fingerprint density at radius 1 is 1.42 bits per heavy atom. The molecule has 0 amide bonds. The molecule has 2 heterocycles. The fourth-order valence-electron chi connectivity index (χ4n) is 1.49. The van der Waals surface area contributed by atoms with Crippen LogP contribution >= 0.6 is 11.3 Å². The molecule has 6 heteroatoms. The number of anilines is 1. The van der Waals surface area contributed by atoms with Crippen LogP contribution in [0.4, 0.5) is 5.82 Å². The van der Waals surface area contributed by atoms with E-state index < -0.39 is 5.97 Å². The largest absolute Gasteiger partial charge is 0.477 e. The van der Waals surface area contributed by atoms with Crippen molar-refractivity contribution in [3.05, 3.63) is 29.4 Å².